The van der Waals surface area contributed by atoms with Gasteiger partial charge in [0, 0.05) is 44.5 Å². The first-order valence-electron chi connectivity index (χ1n) is 9.37. The average molecular weight is 375 g/mol. The molecule has 0 saturated heterocycles. The molecule has 0 aliphatic heterocycles. The van der Waals surface area contributed by atoms with Crippen LogP contribution in [-0.2, 0) is 6.54 Å². The summed E-state index contributed by atoms with van der Waals surface area (Å²) in [5.74, 6) is -0.00430. The minimum Gasteiger partial charge on any atom is -0.362 e. The van der Waals surface area contributed by atoms with Gasteiger partial charge in [-0.15, -0.1) is 0 Å². The van der Waals surface area contributed by atoms with Gasteiger partial charge in [0.2, 0.25) is 5.95 Å². The van der Waals surface area contributed by atoms with Crippen molar-refractivity contribution in [2.75, 3.05) is 24.3 Å². The predicted molar refractivity (Wildman–Crippen MR) is 104 cm³/mol. The van der Waals surface area contributed by atoms with Gasteiger partial charge in [-0.1, -0.05) is 6.07 Å². The maximum Gasteiger partial charge on any atom is 0.224 e. The molecule has 1 fully saturated rings. The van der Waals surface area contributed by atoms with Crippen molar-refractivity contribution in [3.8, 4) is 0 Å². The highest BCUT2D eigenvalue weighted by molar-refractivity contribution is 5.47. The molecule has 0 amide bonds. The minimum atomic E-state index is -0.805. The molecular formula is C20H27F2N5. The van der Waals surface area contributed by atoms with E-state index < -0.39 is 11.6 Å². The fraction of sp³-hybridized carbons (Fsp3) is 0.500. The second kappa shape index (κ2) is 8.61. The van der Waals surface area contributed by atoms with Crippen LogP contribution in [0.1, 0.15) is 36.8 Å². The Hall–Kier alpha value is -2.28. The summed E-state index contributed by atoms with van der Waals surface area (Å²) in [5.41, 5.74) is 1.81. The second-order valence-corrected chi connectivity index (χ2v) is 7.42. The number of nitrogens with one attached hydrogen (secondary N) is 2. The molecule has 2 N–H and O–H groups in total. The van der Waals surface area contributed by atoms with E-state index >= 15 is 0 Å². The van der Waals surface area contributed by atoms with E-state index in [9.17, 15) is 8.78 Å². The van der Waals surface area contributed by atoms with Crippen molar-refractivity contribution in [2.45, 2.75) is 51.2 Å². The van der Waals surface area contributed by atoms with Crippen LogP contribution in [0.5, 0.6) is 0 Å². The summed E-state index contributed by atoms with van der Waals surface area (Å²) in [5, 5.41) is 6.89. The van der Waals surface area contributed by atoms with E-state index in [0.717, 1.165) is 42.6 Å². The lowest BCUT2D eigenvalue weighted by Crippen LogP contribution is -2.37. The van der Waals surface area contributed by atoms with Crippen LogP contribution in [0.15, 0.2) is 24.4 Å². The van der Waals surface area contributed by atoms with Gasteiger partial charge in [-0.2, -0.15) is 4.98 Å². The van der Waals surface area contributed by atoms with E-state index in [0.29, 0.717) is 24.6 Å². The van der Waals surface area contributed by atoms with Gasteiger partial charge in [-0.05, 0) is 50.3 Å². The van der Waals surface area contributed by atoms with E-state index in [1.54, 1.807) is 6.07 Å². The Kier molecular flexibility index (Phi) is 6.21. The van der Waals surface area contributed by atoms with Gasteiger partial charge >= 0.3 is 0 Å². The third kappa shape index (κ3) is 5.13. The summed E-state index contributed by atoms with van der Waals surface area (Å²) < 4.78 is 26.3. The number of aryl methyl sites for hydroxylation is 1. The molecule has 2 aromatic rings. The molecule has 0 unspecified atom stereocenters. The number of anilines is 2. The normalized spacial score (nSPS) is 19.7. The highest BCUT2D eigenvalue weighted by Crippen LogP contribution is 2.23. The number of aromatic nitrogens is 2. The summed E-state index contributed by atoms with van der Waals surface area (Å²) in [7, 11) is 3.95. The van der Waals surface area contributed by atoms with Crippen LogP contribution in [0.2, 0.25) is 0 Å². The van der Waals surface area contributed by atoms with Crippen LogP contribution in [0.25, 0.3) is 0 Å². The van der Waals surface area contributed by atoms with Crippen molar-refractivity contribution in [1.29, 1.82) is 0 Å². The van der Waals surface area contributed by atoms with Gasteiger partial charge in [0.25, 0.3) is 0 Å². The lowest BCUT2D eigenvalue weighted by molar-refractivity contribution is 0.352. The highest BCUT2D eigenvalue weighted by Gasteiger charge is 2.21. The number of hydrogen-bond acceptors (Lipinski definition) is 5. The maximum absolute atomic E-state index is 13.3. The molecule has 3 rings (SSSR count). The van der Waals surface area contributed by atoms with Gasteiger partial charge in [-0.25, -0.2) is 13.8 Å². The third-order valence-corrected chi connectivity index (χ3v) is 5.01. The number of rotatable bonds is 6. The Morgan fingerprint density at radius 1 is 1.07 bits per heavy atom. The lowest BCUT2D eigenvalue weighted by atomic mass is 9.91. The Morgan fingerprint density at radius 3 is 2.44 bits per heavy atom. The van der Waals surface area contributed by atoms with Crippen molar-refractivity contribution < 1.29 is 8.78 Å². The molecule has 146 valence electrons. The Morgan fingerprint density at radius 2 is 1.78 bits per heavy atom. The van der Waals surface area contributed by atoms with Crippen molar-refractivity contribution in [3.05, 3.63) is 47.2 Å². The molecule has 0 atom stereocenters. The topological polar surface area (TPSA) is 53.1 Å². The standard InChI is InChI=1S/C20H27F2N5/c1-13-11-24-20(26-19(13)27(2)3)25-16-7-5-15(6-8-16)23-12-14-4-9-17(21)18(22)10-14/h4,9-11,15-16,23H,5-8,12H2,1-3H3,(H,24,25,26). The predicted octanol–water partition coefficient (Wildman–Crippen LogP) is 3.64. The second-order valence-electron chi connectivity index (χ2n) is 7.42. The van der Waals surface area contributed by atoms with Crippen LogP contribution in [0, 0.1) is 18.6 Å². The number of benzene rings is 1. The van der Waals surface area contributed by atoms with E-state index in [1.165, 1.54) is 12.1 Å². The lowest BCUT2D eigenvalue weighted by Gasteiger charge is -2.30. The number of nitrogens with zero attached hydrogens (tertiary/aromatic N) is 3. The van der Waals surface area contributed by atoms with Gasteiger partial charge < -0.3 is 15.5 Å². The highest BCUT2D eigenvalue weighted by atomic mass is 19.2. The van der Waals surface area contributed by atoms with E-state index in [4.69, 9.17) is 0 Å². The van der Waals surface area contributed by atoms with Gasteiger partial charge in [0.1, 0.15) is 5.82 Å². The fourth-order valence-electron chi connectivity index (χ4n) is 3.49. The molecule has 1 aromatic heterocycles. The molecule has 0 spiro atoms. The largest absolute Gasteiger partial charge is 0.362 e. The molecule has 1 saturated carbocycles. The van der Waals surface area contributed by atoms with Crippen molar-refractivity contribution in [3.63, 3.8) is 0 Å². The Balaban J connectivity index is 1.47. The molecule has 27 heavy (non-hydrogen) atoms. The summed E-state index contributed by atoms with van der Waals surface area (Å²) in [4.78, 5) is 11.0. The van der Waals surface area contributed by atoms with Gasteiger partial charge in [-0.3, -0.25) is 0 Å². The van der Waals surface area contributed by atoms with Gasteiger partial charge in [0.05, 0.1) is 0 Å². The monoisotopic (exact) mass is 375 g/mol. The maximum atomic E-state index is 13.3. The van der Waals surface area contributed by atoms with Crippen LogP contribution in [0.3, 0.4) is 0 Å². The van der Waals surface area contributed by atoms with Crippen LogP contribution in [0.4, 0.5) is 20.5 Å². The van der Waals surface area contributed by atoms with E-state index in [1.807, 2.05) is 32.1 Å². The van der Waals surface area contributed by atoms with Crippen LogP contribution < -0.4 is 15.5 Å². The summed E-state index contributed by atoms with van der Waals surface area (Å²) >= 11 is 0. The molecule has 5 nitrogen and oxygen atoms in total. The first kappa shape index (κ1) is 19.5. The summed E-state index contributed by atoms with van der Waals surface area (Å²) in [6, 6.07) is 4.79. The molecular weight excluding hydrogens is 348 g/mol. The molecule has 1 aromatic carbocycles. The molecule has 1 aliphatic carbocycles. The fourth-order valence-corrected chi connectivity index (χ4v) is 3.49. The number of halogens is 2. The minimum absolute atomic E-state index is 0.351. The Labute approximate surface area is 159 Å². The first-order valence-corrected chi connectivity index (χ1v) is 9.37. The third-order valence-electron chi connectivity index (χ3n) is 5.01. The molecule has 1 aliphatic rings. The molecule has 0 bridgehead atoms. The molecule has 0 radical (unpaired) electrons. The SMILES string of the molecule is Cc1cnc(NC2CCC(NCc3ccc(F)c(F)c3)CC2)nc1N(C)C. The van der Waals surface area contributed by atoms with Crippen molar-refractivity contribution >= 4 is 11.8 Å². The first-order chi connectivity index (χ1) is 12.9. The smallest absolute Gasteiger partial charge is 0.224 e. The summed E-state index contributed by atoms with van der Waals surface area (Å²) in [6.07, 6.45) is 5.93. The zero-order valence-corrected chi connectivity index (χ0v) is 16.1. The quantitative estimate of drug-likeness (QED) is 0.807. The number of hydrogen-bond donors (Lipinski definition) is 2. The average Bonchev–Trinajstić information content (AvgIpc) is 2.65. The summed E-state index contributed by atoms with van der Waals surface area (Å²) in [6.45, 7) is 2.55. The van der Waals surface area contributed by atoms with E-state index in [2.05, 4.69) is 20.6 Å². The zero-order chi connectivity index (χ0) is 19.4. The van der Waals surface area contributed by atoms with Crippen LogP contribution >= 0.6 is 0 Å². The van der Waals surface area contributed by atoms with E-state index in [-0.39, 0.29) is 0 Å². The van der Waals surface area contributed by atoms with Gasteiger partial charge in [0.15, 0.2) is 11.6 Å². The molecule has 1 heterocycles. The van der Waals surface area contributed by atoms with Crippen molar-refractivity contribution in [2.24, 2.45) is 0 Å². The Bertz CT molecular complexity index is 773. The van der Waals surface area contributed by atoms with Crippen molar-refractivity contribution in [1.82, 2.24) is 15.3 Å². The zero-order valence-electron chi connectivity index (χ0n) is 16.1. The van der Waals surface area contributed by atoms with Crippen LogP contribution in [-0.4, -0.2) is 36.1 Å². The molecule has 7 heteroatoms.